The largest absolute Gasteiger partial charge is 0.458 e. The molecule has 1 unspecified atom stereocenters. The molecule has 4 aliphatic carbocycles. The van der Waals surface area contributed by atoms with Crippen LogP contribution < -0.4 is 0 Å². The van der Waals surface area contributed by atoms with Crippen molar-refractivity contribution in [2.24, 2.45) is 28.6 Å². The van der Waals surface area contributed by atoms with E-state index in [2.05, 4.69) is 13.8 Å². The summed E-state index contributed by atoms with van der Waals surface area (Å²) in [5, 5.41) is 65.8. The van der Waals surface area contributed by atoms with Crippen LogP contribution in [0.1, 0.15) is 78.6 Å². The minimum Gasteiger partial charge on any atom is -0.458 e. The van der Waals surface area contributed by atoms with E-state index in [9.17, 15) is 35.4 Å². The number of ether oxygens (including phenoxy) is 7. The zero-order chi connectivity index (χ0) is 36.7. The normalized spacial score (nSPS) is 54.3. The quantitative estimate of drug-likeness (QED) is 0.151. The topological polar surface area (TPSA) is 203 Å². The highest BCUT2D eigenvalue weighted by Gasteiger charge is 2.70. The SMILES string of the molecule is CO[C@H]1[C@@H](O[C@@H]2O[C@H](CO)[C@@H](O)[C@H](O)[C@H]2O)[C@@H](C)O[C@@H](OC2CC[C@]3(C)[C@H]4CC[C@]5(C)[C@@H](C6=CC(=O)OC6)CC[C@]5(O)[C@@H]4CC[C@]3(O)C2)[C@@H]1OC. The van der Waals surface area contributed by atoms with Crippen LogP contribution >= 0.6 is 0 Å². The molecule has 18 atom stereocenters. The van der Waals surface area contributed by atoms with Crippen molar-refractivity contribution < 1.29 is 68.6 Å². The van der Waals surface area contributed by atoms with E-state index in [1.807, 2.05) is 0 Å². The Hall–Kier alpha value is -1.27. The molecule has 0 spiro atoms. The van der Waals surface area contributed by atoms with E-state index in [1.54, 1.807) is 13.0 Å². The number of carbonyl (C=O) groups excluding carboxylic acids is 1. The molecule has 51 heavy (non-hydrogen) atoms. The summed E-state index contributed by atoms with van der Waals surface area (Å²) in [6.07, 6.45) is -3.53. The lowest BCUT2D eigenvalue weighted by Gasteiger charge is -2.66. The lowest BCUT2D eigenvalue weighted by Crippen LogP contribution is -2.68. The Morgan fingerprint density at radius 2 is 1.51 bits per heavy atom. The number of rotatable bonds is 8. The predicted molar refractivity (Wildman–Crippen MR) is 177 cm³/mol. The maximum atomic E-state index is 12.6. The summed E-state index contributed by atoms with van der Waals surface area (Å²) in [6, 6.07) is 0. The van der Waals surface area contributed by atoms with Gasteiger partial charge in [0.05, 0.1) is 30.0 Å². The third kappa shape index (κ3) is 5.86. The minimum atomic E-state index is -1.60. The number of esters is 1. The van der Waals surface area contributed by atoms with Crippen molar-refractivity contribution in [2.45, 2.75) is 157 Å². The van der Waals surface area contributed by atoms with Crippen molar-refractivity contribution >= 4 is 5.97 Å². The molecule has 0 radical (unpaired) electrons. The molecule has 14 nitrogen and oxygen atoms in total. The van der Waals surface area contributed by atoms with Gasteiger partial charge in [-0.25, -0.2) is 4.79 Å². The van der Waals surface area contributed by atoms with E-state index in [4.69, 9.17) is 33.2 Å². The molecular weight excluding hydrogens is 668 g/mol. The summed E-state index contributed by atoms with van der Waals surface area (Å²) < 4.78 is 41.6. The van der Waals surface area contributed by atoms with Gasteiger partial charge in [0.1, 0.15) is 49.3 Å². The van der Waals surface area contributed by atoms with Crippen LogP contribution in [0.25, 0.3) is 0 Å². The Balaban J connectivity index is 1.03. The molecule has 290 valence electrons. The van der Waals surface area contributed by atoms with Gasteiger partial charge in [0.15, 0.2) is 12.6 Å². The van der Waals surface area contributed by atoms with Crippen LogP contribution in [0.4, 0.5) is 0 Å². The zero-order valence-electron chi connectivity index (χ0n) is 30.4. The van der Waals surface area contributed by atoms with Crippen LogP contribution in [0, 0.1) is 28.6 Å². The summed E-state index contributed by atoms with van der Waals surface area (Å²) in [5.41, 5.74) is -1.66. The summed E-state index contributed by atoms with van der Waals surface area (Å²) in [7, 11) is 3.00. The van der Waals surface area contributed by atoms with Crippen LogP contribution in [0.2, 0.25) is 0 Å². The monoisotopic (exact) mass is 726 g/mol. The molecule has 0 aromatic heterocycles. The predicted octanol–water partition coefficient (Wildman–Crippen LogP) is 0.703. The van der Waals surface area contributed by atoms with Crippen molar-refractivity contribution in [2.75, 3.05) is 27.4 Å². The van der Waals surface area contributed by atoms with Gasteiger partial charge in [0, 0.05) is 32.1 Å². The second-order valence-electron chi connectivity index (χ2n) is 16.9. The average molecular weight is 727 g/mol. The third-order valence-electron chi connectivity index (χ3n) is 14.8. The van der Waals surface area contributed by atoms with Gasteiger partial charge in [0.2, 0.25) is 0 Å². The Bertz CT molecular complexity index is 1330. The minimum absolute atomic E-state index is 0.0473. The first kappa shape index (κ1) is 38.0. The molecule has 14 heteroatoms. The number of cyclic esters (lactones) is 1. The highest BCUT2D eigenvalue weighted by atomic mass is 16.7. The fourth-order valence-electron chi connectivity index (χ4n) is 11.8. The number of aliphatic hydroxyl groups is 6. The van der Waals surface area contributed by atoms with Crippen LogP contribution in [-0.4, -0.2) is 143 Å². The standard InChI is InChI=1S/C37H58O14/c1-18-29(51-32-28(42)27(41)26(40)24(16-38)50-32)30(45-4)31(46-5)33(48-18)49-20-6-10-34(2)22-7-11-35(3)21(19-14-25(39)47-17-19)9-13-37(35,44)23(22)8-12-36(34,43)15-20/h14,18,20-24,26-33,38,40-44H,6-13,15-17H2,1-5H3/t18-,20?,21-,22+,23-,24-,26-,27+,28-,29+,30+,31-,32+,33+,34-,35-,36+,37+/m1/s1. The molecule has 0 amide bonds. The number of carbonyl (C=O) groups is 1. The molecule has 6 N–H and O–H groups in total. The van der Waals surface area contributed by atoms with Crippen LogP contribution in [0.15, 0.2) is 11.6 Å². The van der Waals surface area contributed by atoms with E-state index in [0.717, 1.165) is 31.3 Å². The van der Waals surface area contributed by atoms with Crippen LogP contribution in [-0.2, 0) is 38.0 Å². The van der Waals surface area contributed by atoms with Crippen molar-refractivity contribution in [3.63, 3.8) is 0 Å². The summed E-state index contributed by atoms with van der Waals surface area (Å²) in [6.45, 7) is 5.88. The molecule has 0 bridgehead atoms. The summed E-state index contributed by atoms with van der Waals surface area (Å²) in [4.78, 5) is 11.9. The lowest BCUT2D eigenvalue weighted by molar-refractivity contribution is -0.365. The molecular formula is C37H58O14. The highest BCUT2D eigenvalue weighted by Crippen LogP contribution is 2.70. The Morgan fingerprint density at radius 1 is 0.804 bits per heavy atom. The molecule has 3 heterocycles. The van der Waals surface area contributed by atoms with Gasteiger partial charge in [-0.2, -0.15) is 0 Å². The van der Waals surface area contributed by atoms with Crippen LogP contribution in [0.3, 0.4) is 0 Å². The number of aliphatic hydroxyl groups excluding tert-OH is 4. The van der Waals surface area contributed by atoms with E-state index >= 15 is 0 Å². The second kappa shape index (κ2) is 13.8. The molecule has 3 aliphatic heterocycles. The van der Waals surface area contributed by atoms with E-state index in [1.165, 1.54) is 14.2 Å². The summed E-state index contributed by atoms with van der Waals surface area (Å²) >= 11 is 0. The maximum Gasteiger partial charge on any atom is 0.331 e. The highest BCUT2D eigenvalue weighted by molar-refractivity contribution is 5.85. The first-order chi connectivity index (χ1) is 24.1. The molecule has 7 rings (SSSR count). The first-order valence-electron chi connectivity index (χ1n) is 18.8. The van der Waals surface area contributed by atoms with E-state index < -0.39 is 84.6 Å². The van der Waals surface area contributed by atoms with Gasteiger partial charge in [0.25, 0.3) is 0 Å². The van der Waals surface area contributed by atoms with Gasteiger partial charge >= 0.3 is 5.97 Å². The molecule has 0 aromatic carbocycles. The van der Waals surface area contributed by atoms with Crippen molar-refractivity contribution in [1.29, 1.82) is 0 Å². The fraction of sp³-hybridized carbons (Fsp3) is 0.919. The smallest absolute Gasteiger partial charge is 0.331 e. The lowest BCUT2D eigenvalue weighted by atomic mass is 9.42. The summed E-state index contributed by atoms with van der Waals surface area (Å²) in [5.74, 6) is -0.000308. The zero-order valence-corrected chi connectivity index (χ0v) is 30.4. The van der Waals surface area contributed by atoms with Gasteiger partial charge in [-0.3, -0.25) is 0 Å². The van der Waals surface area contributed by atoms with Gasteiger partial charge in [-0.15, -0.1) is 0 Å². The molecule has 6 fully saturated rings. The maximum absolute atomic E-state index is 12.6. The number of methoxy groups -OCH3 is 2. The van der Waals surface area contributed by atoms with E-state index in [0.29, 0.717) is 38.7 Å². The molecule has 2 saturated heterocycles. The Morgan fingerprint density at radius 3 is 2.18 bits per heavy atom. The van der Waals surface area contributed by atoms with Gasteiger partial charge in [-0.05, 0) is 87.0 Å². The van der Waals surface area contributed by atoms with Gasteiger partial charge < -0.3 is 63.8 Å². The number of fused-ring (bicyclic) bond motifs is 5. The first-order valence-corrected chi connectivity index (χ1v) is 18.8. The van der Waals surface area contributed by atoms with Crippen LogP contribution in [0.5, 0.6) is 0 Å². The third-order valence-corrected chi connectivity index (χ3v) is 14.8. The van der Waals surface area contributed by atoms with Gasteiger partial charge in [-0.1, -0.05) is 13.8 Å². The fourth-order valence-corrected chi connectivity index (χ4v) is 11.8. The van der Waals surface area contributed by atoms with Crippen molar-refractivity contribution in [1.82, 2.24) is 0 Å². The van der Waals surface area contributed by atoms with Crippen molar-refractivity contribution in [3.8, 4) is 0 Å². The average Bonchev–Trinajstić information content (AvgIpc) is 3.65. The molecule has 4 saturated carbocycles. The number of hydrogen-bond acceptors (Lipinski definition) is 14. The molecule has 0 aromatic rings. The van der Waals surface area contributed by atoms with Crippen molar-refractivity contribution in [3.05, 3.63) is 11.6 Å². The van der Waals surface area contributed by atoms with E-state index in [-0.39, 0.29) is 35.2 Å². The number of hydrogen-bond donors (Lipinski definition) is 6. The second-order valence-corrected chi connectivity index (χ2v) is 16.9. The Kier molecular flexibility index (Phi) is 10.3. The Labute approximate surface area is 299 Å². The molecule has 7 aliphatic rings.